The van der Waals surface area contributed by atoms with Crippen LogP contribution in [-0.4, -0.2) is 17.6 Å². The maximum absolute atomic E-state index is 11.5. The van der Waals surface area contributed by atoms with Crippen LogP contribution in [0, 0.1) is 11.8 Å². The molecule has 1 aromatic rings. The van der Waals surface area contributed by atoms with E-state index in [1.807, 2.05) is 38.1 Å². The van der Waals surface area contributed by atoms with Crippen molar-refractivity contribution in [1.82, 2.24) is 5.32 Å². The van der Waals surface area contributed by atoms with Crippen molar-refractivity contribution < 1.29 is 9.90 Å². The van der Waals surface area contributed by atoms with Crippen LogP contribution in [0.3, 0.4) is 0 Å². The van der Waals surface area contributed by atoms with Crippen LogP contribution < -0.4 is 5.32 Å². The molecule has 0 aromatic heterocycles. The molecule has 0 saturated carbocycles. The van der Waals surface area contributed by atoms with Crippen LogP contribution in [0.15, 0.2) is 24.3 Å². The molecule has 2 N–H and O–H groups in total. The van der Waals surface area contributed by atoms with E-state index in [2.05, 4.69) is 17.2 Å². The Kier molecular flexibility index (Phi) is 6.70. The number of rotatable bonds is 5. The molecule has 0 radical (unpaired) electrons. The molecule has 0 aliphatic rings. The number of hydrogen-bond donors (Lipinski definition) is 2. The fourth-order valence-corrected chi connectivity index (χ4v) is 1.70. The van der Waals surface area contributed by atoms with Crippen molar-refractivity contribution in [1.29, 1.82) is 0 Å². The van der Waals surface area contributed by atoms with Gasteiger partial charge in [-0.3, -0.25) is 4.79 Å². The number of carbonyl (C=O) groups excluding carboxylic acids is 1. The zero-order valence-electron chi connectivity index (χ0n) is 11.6. The highest BCUT2D eigenvalue weighted by atomic mass is 16.2. The van der Waals surface area contributed by atoms with Crippen LogP contribution in [0.4, 0.5) is 0 Å². The van der Waals surface area contributed by atoms with E-state index >= 15 is 0 Å². The second-order valence-corrected chi connectivity index (χ2v) is 4.44. The largest absolute Gasteiger partial charge is 0.395 e. The van der Waals surface area contributed by atoms with Crippen LogP contribution in [-0.2, 0) is 4.79 Å². The smallest absolute Gasteiger partial charge is 0.220 e. The molecule has 1 aromatic carbocycles. The lowest BCUT2D eigenvalue weighted by Crippen LogP contribution is -2.26. The number of aliphatic hydroxyl groups excluding tert-OH is 1. The van der Waals surface area contributed by atoms with Gasteiger partial charge in [0.15, 0.2) is 0 Å². The summed E-state index contributed by atoms with van der Waals surface area (Å²) in [6.07, 6.45) is 1.91. The Morgan fingerprint density at radius 3 is 2.63 bits per heavy atom. The van der Waals surface area contributed by atoms with Gasteiger partial charge in [0.25, 0.3) is 0 Å². The second-order valence-electron chi connectivity index (χ2n) is 4.44. The molecule has 1 unspecified atom stereocenters. The molecule has 0 saturated heterocycles. The molecule has 3 heteroatoms. The molecule has 0 aliphatic carbocycles. The fourth-order valence-electron chi connectivity index (χ4n) is 1.70. The summed E-state index contributed by atoms with van der Waals surface area (Å²) in [6, 6.07) is 7.82. The Labute approximate surface area is 115 Å². The Morgan fingerprint density at radius 2 is 2.05 bits per heavy atom. The third-order valence-corrected chi connectivity index (χ3v) is 2.73. The first kappa shape index (κ1) is 15.3. The molecular formula is C16H21NO2. The minimum absolute atomic E-state index is 0.0125. The van der Waals surface area contributed by atoms with E-state index in [0.717, 1.165) is 17.5 Å². The van der Waals surface area contributed by atoms with Crippen LogP contribution in [0.5, 0.6) is 0 Å². The number of carbonyl (C=O) groups is 1. The number of hydrogen-bond acceptors (Lipinski definition) is 2. The van der Waals surface area contributed by atoms with Gasteiger partial charge in [-0.2, -0.15) is 0 Å². The highest BCUT2D eigenvalue weighted by Gasteiger charge is 2.08. The van der Waals surface area contributed by atoms with Crippen LogP contribution >= 0.6 is 0 Å². The summed E-state index contributed by atoms with van der Waals surface area (Å²) < 4.78 is 0. The molecule has 0 fully saturated rings. The van der Waals surface area contributed by atoms with Gasteiger partial charge in [-0.25, -0.2) is 0 Å². The highest BCUT2D eigenvalue weighted by molar-refractivity contribution is 5.76. The Hall–Kier alpha value is -1.79. The van der Waals surface area contributed by atoms with E-state index in [0.29, 0.717) is 12.8 Å². The van der Waals surface area contributed by atoms with Gasteiger partial charge >= 0.3 is 0 Å². The lowest BCUT2D eigenvalue weighted by Gasteiger charge is -2.14. The molecule has 0 spiro atoms. The molecule has 1 atom stereocenters. The topological polar surface area (TPSA) is 49.3 Å². The van der Waals surface area contributed by atoms with Gasteiger partial charge in [-0.15, -0.1) is 0 Å². The van der Waals surface area contributed by atoms with Gasteiger partial charge in [0.05, 0.1) is 12.6 Å². The van der Waals surface area contributed by atoms with E-state index in [9.17, 15) is 4.79 Å². The van der Waals surface area contributed by atoms with Crippen LogP contribution in [0.25, 0.3) is 0 Å². The van der Waals surface area contributed by atoms with Gasteiger partial charge < -0.3 is 10.4 Å². The van der Waals surface area contributed by atoms with E-state index in [4.69, 9.17) is 5.11 Å². The molecule has 1 rings (SSSR count). The Morgan fingerprint density at radius 1 is 1.37 bits per heavy atom. The summed E-state index contributed by atoms with van der Waals surface area (Å²) in [5.41, 5.74) is 1.99. The van der Waals surface area contributed by atoms with Crippen molar-refractivity contribution in [2.45, 2.75) is 39.2 Å². The van der Waals surface area contributed by atoms with Gasteiger partial charge in [0, 0.05) is 18.4 Å². The van der Waals surface area contributed by atoms with Gasteiger partial charge in [0.1, 0.15) is 0 Å². The van der Waals surface area contributed by atoms with Crippen molar-refractivity contribution in [3.63, 3.8) is 0 Å². The molecule has 0 heterocycles. The third-order valence-electron chi connectivity index (χ3n) is 2.73. The third kappa shape index (κ3) is 5.58. The van der Waals surface area contributed by atoms with Crippen LogP contribution in [0.2, 0.25) is 0 Å². The summed E-state index contributed by atoms with van der Waals surface area (Å²) >= 11 is 0. The number of amides is 1. The summed E-state index contributed by atoms with van der Waals surface area (Å²) in [5, 5.41) is 11.6. The highest BCUT2D eigenvalue weighted by Crippen LogP contribution is 2.13. The van der Waals surface area contributed by atoms with E-state index in [1.54, 1.807) is 0 Å². The average molecular weight is 259 g/mol. The summed E-state index contributed by atoms with van der Waals surface area (Å²) in [4.78, 5) is 11.5. The normalized spacial score (nSPS) is 11.3. The molecule has 19 heavy (non-hydrogen) atoms. The van der Waals surface area contributed by atoms with E-state index in [1.165, 1.54) is 0 Å². The zero-order valence-corrected chi connectivity index (χ0v) is 11.6. The summed E-state index contributed by atoms with van der Waals surface area (Å²) in [6.45, 7) is 4.05. The molecule has 102 valence electrons. The number of benzene rings is 1. The quantitative estimate of drug-likeness (QED) is 0.798. The van der Waals surface area contributed by atoms with Crippen LogP contribution in [0.1, 0.15) is 50.3 Å². The SMILES string of the molecule is CCCC(=O)NC(C)c1ccc(C#CCCO)cc1. The molecule has 0 bridgehead atoms. The Balaban J connectivity index is 2.61. The minimum atomic E-state index is 0.0125. The monoisotopic (exact) mass is 259 g/mol. The molecule has 1 amide bonds. The van der Waals surface area contributed by atoms with Crippen molar-refractivity contribution >= 4 is 5.91 Å². The average Bonchev–Trinajstić information content (AvgIpc) is 2.40. The first-order chi connectivity index (χ1) is 9.17. The Bertz CT molecular complexity index is 454. The number of aliphatic hydroxyl groups is 1. The van der Waals surface area contributed by atoms with E-state index < -0.39 is 0 Å². The number of nitrogens with one attached hydrogen (secondary N) is 1. The minimum Gasteiger partial charge on any atom is -0.395 e. The van der Waals surface area contributed by atoms with Crippen molar-refractivity contribution in [3.05, 3.63) is 35.4 Å². The van der Waals surface area contributed by atoms with Crippen molar-refractivity contribution in [2.75, 3.05) is 6.61 Å². The predicted octanol–water partition coefficient (Wildman–Crippen LogP) is 2.40. The van der Waals surface area contributed by atoms with Gasteiger partial charge in [-0.05, 0) is 31.0 Å². The molecule has 3 nitrogen and oxygen atoms in total. The summed E-state index contributed by atoms with van der Waals surface area (Å²) in [5.74, 6) is 5.94. The fraction of sp³-hybridized carbons (Fsp3) is 0.438. The first-order valence-electron chi connectivity index (χ1n) is 6.66. The van der Waals surface area contributed by atoms with Crippen molar-refractivity contribution in [2.24, 2.45) is 0 Å². The second kappa shape index (κ2) is 8.34. The predicted molar refractivity (Wildman–Crippen MR) is 76.5 cm³/mol. The maximum Gasteiger partial charge on any atom is 0.220 e. The van der Waals surface area contributed by atoms with E-state index in [-0.39, 0.29) is 18.6 Å². The molecular weight excluding hydrogens is 238 g/mol. The lowest BCUT2D eigenvalue weighted by atomic mass is 10.1. The first-order valence-corrected chi connectivity index (χ1v) is 6.66. The zero-order chi connectivity index (χ0) is 14.1. The standard InChI is InChI=1S/C16H21NO2/c1-3-6-16(19)17-13(2)15-10-8-14(9-11-15)7-4-5-12-18/h8-11,13,18H,3,5-6,12H2,1-2H3,(H,17,19). The maximum atomic E-state index is 11.5. The molecule has 0 aliphatic heterocycles. The lowest BCUT2D eigenvalue weighted by molar-refractivity contribution is -0.121. The van der Waals surface area contributed by atoms with Gasteiger partial charge in [0.2, 0.25) is 5.91 Å². The summed E-state index contributed by atoms with van der Waals surface area (Å²) in [7, 11) is 0. The van der Waals surface area contributed by atoms with Crippen molar-refractivity contribution in [3.8, 4) is 11.8 Å². The van der Waals surface area contributed by atoms with Gasteiger partial charge in [-0.1, -0.05) is 30.9 Å².